The molecule has 0 unspecified atom stereocenters. The number of nitrogens with zero attached hydrogens (tertiary/aromatic N) is 5. The van der Waals surface area contributed by atoms with Gasteiger partial charge in [0.05, 0.1) is 7.11 Å². The number of nitrogens with one attached hydrogen (secondary N) is 1. The second-order valence-corrected chi connectivity index (χ2v) is 10.8. The van der Waals surface area contributed by atoms with E-state index in [0.29, 0.717) is 11.6 Å². The normalized spacial score (nSPS) is 17.5. The molecule has 186 valence electrons. The molecule has 1 saturated carbocycles. The van der Waals surface area contributed by atoms with Gasteiger partial charge in [-0.05, 0) is 51.0 Å². The average Bonchev–Trinajstić information content (AvgIpc) is 3.18. The molecule has 3 heterocycles. The van der Waals surface area contributed by atoms with Gasteiger partial charge < -0.3 is 10.1 Å². The number of methoxy groups -OCH3 is 1. The molecule has 0 saturated heterocycles. The first-order valence-corrected chi connectivity index (χ1v) is 13.1. The molecule has 3 N–H and O–H groups in total. The molecule has 0 amide bonds. The molecule has 35 heavy (non-hydrogen) atoms. The summed E-state index contributed by atoms with van der Waals surface area (Å²) in [6, 6.07) is 5.72. The number of fused-ring (bicyclic) bond motifs is 4. The van der Waals surface area contributed by atoms with E-state index in [-0.39, 0.29) is 12.0 Å². The van der Waals surface area contributed by atoms with E-state index in [9.17, 15) is 12.8 Å². The third-order valence-electron chi connectivity index (χ3n) is 6.64. The minimum Gasteiger partial charge on any atom is -0.481 e. The van der Waals surface area contributed by atoms with Crippen LogP contribution in [-0.2, 0) is 20.3 Å². The number of ether oxygens (including phenoxy) is 1. The van der Waals surface area contributed by atoms with Gasteiger partial charge in [0, 0.05) is 23.3 Å². The van der Waals surface area contributed by atoms with Crippen molar-refractivity contribution in [2.75, 3.05) is 17.4 Å². The highest BCUT2D eigenvalue weighted by Crippen LogP contribution is 2.46. The molecule has 1 aromatic carbocycles. The van der Waals surface area contributed by atoms with Crippen LogP contribution < -0.4 is 15.5 Å². The summed E-state index contributed by atoms with van der Waals surface area (Å²) >= 11 is 0. The molecule has 0 atom stereocenters. The molecule has 12 heteroatoms. The number of primary sulfonamides is 1. The Hall–Kier alpha value is -3.25. The summed E-state index contributed by atoms with van der Waals surface area (Å²) in [4.78, 5) is 8.63. The van der Waals surface area contributed by atoms with Crippen molar-refractivity contribution in [2.45, 2.75) is 62.4 Å². The van der Waals surface area contributed by atoms with Crippen LogP contribution in [0.1, 0.15) is 46.0 Å². The van der Waals surface area contributed by atoms with Crippen molar-refractivity contribution in [3.05, 3.63) is 36.3 Å². The molecule has 0 bridgehead atoms. The lowest BCUT2D eigenvalue weighted by Crippen LogP contribution is -2.50. The summed E-state index contributed by atoms with van der Waals surface area (Å²) in [5.41, 5.74) is 0.579. The number of sulfonamides is 1. The smallest absolute Gasteiger partial charge is 0.240 e. The van der Waals surface area contributed by atoms with Crippen molar-refractivity contribution >= 4 is 44.4 Å². The van der Waals surface area contributed by atoms with Crippen LogP contribution in [0.15, 0.2) is 40.5 Å². The van der Waals surface area contributed by atoms with Crippen molar-refractivity contribution in [1.29, 1.82) is 0 Å². The lowest BCUT2D eigenvalue weighted by Gasteiger charge is -2.44. The maximum Gasteiger partial charge on any atom is 0.240 e. The number of benzene rings is 1. The Balaban J connectivity index is 1.62. The zero-order chi connectivity index (χ0) is 25.0. The molecule has 3 aromatic rings. The Morgan fingerprint density at radius 1 is 1.20 bits per heavy atom. The van der Waals surface area contributed by atoms with Crippen LogP contribution in [-0.4, -0.2) is 42.0 Å². The van der Waals surface area contributed by atoms with Crippen molar-refractivity contribution < 1.29 is 17.5 Å². The number of nitrogens with two attached hydrogens (primary N) is 1. The van der Waals surface area contributed by atoms with Gasteiger partial charge in [-0.15, -0.1) is 5.10 Å². The van der Waals surface area contributed by atoms with Crippen molar-refractivity contribution in [3.63, 3.8) is 0 Å². The van der Waals surface area contributed by atoms with Crippen LogP contribution in [0.4, 0.5) is 21.8 Å². The second-order valence-electron chi connectivity index (χ2n) is 9.27. The maximum atomic E-state index is 14.3. The van der Waals surface area contributed by atoms with Crippen molar-refractivity contribution in [3.8, 4) is 0 Å². The molecule has 0 radical (unpaired) electrons. The summed E-state index contributed by atoms with van der Waals surface area (Å²) in [5.74, 6) is 0.899. The van der Waals surface area contributed by atoms with E-state index in [4.69, 9.17) is 20.0 Å². The van der Waals surface area contributed by atoms with Crippen LogP contribution in [0.3, 0.4) is 0 Å². The van der Waals surface area contributed by atoms with Crippen LogP contribution in [0.25, 0.3) is 11.0 Å². The number of hydrogen-bond acceptors (Lipinski definition) is 8. The van der Waals surface area contributed by atoms with Crippen LogP contribution in [0.5, 0.6) is 0 Å². The molecule has 2 aliphatic rings. The van der Waals surface area contributed by atoms with E-state index >= 15 is 0 Å². The first-order chi connectivity index (χ1) is 16.6. The van der Waals surface area contributed by atoms with Crippen LogP contribution >= 0.6 is 0 Å². The highest BCUT2D eigenvalue weighted by atomic mass is 32.2. The molecule has 1 aliphatic carbocycles. The fourth-order valence-electron chi connectivity index (χ4n) is 5.09. The molecule has 1 spiro atoms. The van der Waals surface area contributed by atoms with Gasteiger partial charge in [-0.25, -0.2) is 27.9 Å². The molecular formula is C23H28FN7O3S. The predicted octanol–water partition coefficient (Wildman–Crippen LogP) is 3.81. The van der Waals surface area contributed by atoms with Crippen LogP contribution in [0.2, 0.25) is 0 Å². The molecule has 10 nitrogen and oxygen atoms in total. The van der Waals surface area contributed by atoms with Gasteiger partial charge in [-0.2, -0.15) is 4.98 Å². The van der Waals surface area contributed by atoms with E-state index in [1.807, 2.05) is 11.1 Å². The van der Waals surface area contributed by atoms with Gasteiger partial charge >= 0.3 is 0 Å². The third kappa shape index (κ3) is 3.90. The van der Waals surface area contributed by atoms with E-state index in [1.165, 1.54) is 6.07 Å². The first-order valence-electron chi connectivity index (χ1n) is 11.5. The Kier molecular flexibility index (Phi) is 5.67. The van der Waals surface area contributed by atoms with Gasteiger partial charge in [-0.3, -0.25) is 4.57 Å². The highest BCUT2D eigenvalue weighted by Gasteiger charge is 2.47. The molecule has 5 rings (SSSR count). The van der Waals surface area contributed by atoms with Gasteiger partial charge in [0.1, 0.15) is 27.7 Å². The van der Waals surface area contributed by atoms with Crippen molar-refractivity contribution in [2.24, 2.45) is 10.2 Å². The van der Waals surface area contributed by atoms with Gasteiger partial charge in [0.2, 0.25) is 21.9 Å². The summed E-state index contributed by atoms with van der Waals surface area (Å²) in [7, 11) is -2.50. The zero-order valence-electron chi connectivity index (χ0n) is 19.8. The first kappa shape index (κ1) is 23.5. The summed E-state index contributed by atoms with van der Waals surface area (Å²) in [6.07, 6.45) is 6.74. The summed E-state index contributed by atoms with van der Waals surface area (Å²) in [6.45, 7) is 4.13. The Morgan fingerprint density at radius 2 is 1.94 bits per heavy atom. The predicted molar refractivity (Wildman–Crippen MR) is 132 cm³/mol. The topological polar surface area (TPSA) is 128 Å². The number of hydrogen-bond donors (Lipinski definition) is 2. The third-order valence-corrected chi connectivity index (χ3v) is 7.58. The monoisotopic (exact) mass is 501 g/mol. The molecule has 1 fully saturated rings. The second kappa shape index (κ2) is 8.45. The molecular weight excluding hydrogens is 473 g/mol. The Bertz CT molecular complexity index is 1430. The minimum atomic E-state index is -4.16. The summed E-state index contributed by atoms with van der Waals surface area (Å²) in [5, 5.41) is 15.7. The average molecular weight is 502 g/mol. The van der Waals surface area contributed by atoms with Gasteiger partial charge in [-0.1, -0.05) is 19.3 Å². The number of halogens is 1. The maximum absolute atomic E-state index is 14.3. The Morgan fingerprint density at radius 3 is 2.57 bits per heavy atom. The fraction of sp³-hybridized carbons (Fsp3) is 0.435. The fourth-order valence-corrected chi connectivity index (χ4v) is 5.68. The standard InChI is InChI=1S/C23H28FN7O3S/c1-14(2)31-19-11-15-13-26-22(27-16-7-8-18(17(24)12-16)35(25,32)33)28-20(15)30(19)23(21(29-31)34-3)9-5-4-6-10-23/h7-8,11-14H,4-6,9-10H2,1-3H3,(H2,25,32,33)(H,26,27,28). The van der Waals surface area contributed by atoms with Crippen molar-refractivity contribution in [1.82, 2.24) is 14.5 Å². The number of hydrazone groups is 1. The van der Waals surface area contributed by atoms with Crippen LogP contribution in [0, 0.1) is 5.82 Å². The van der Waals surface area contributed by atoms with Gasteiger partial charge in [0.25, 0.3) is 0 Å². The number of rotatable bonds is 4. The van der Waals surface area contributed by atoms with E-state index in [1.54, 1.807) is 13.3 Å². The van der Waals surface area contributed by atoms with E-state index < -0.39 is 26.3 Å². The molecule has 2 aromatic heterocycles. The van der Waals surface area contributed by atoms with E-state index in [2.05, 4.69) is 28.7 Å². The molecule has 1 aliphatic heterocycles. The van der Waals surface area contributed by atoms with Gasteiger partial charge in [0.15, 0.2) is 0 Å². The lowest BCUT2D eigenvalue weighted by atomic mass is 9.80. The lowest BCUT2D eigenvalue weighted by molar-refractivity contribution is 0.219. The SMILES string of the molecule is COC1=NN(C(C)C)c2cc3cnc(Nc4ccc(S(N)(=O)=O)c(F)c4)nc3n2C12CCCCC2. The minimum absolute atomic E-state index is 0.0926. The number of aromatic nitrogens is 3. The zero-order valence-corrected chi connectivity index (χ0v) is 20.6. The summed E-state index contributed by atoms with van der Waals surface area (Å²) < 4.78 is 45.4. The quantitative estimate of drug-likeness (QED) is 0.556. The highest BCUT2D eigenvalue weighted by molar-refractivity contribution is 7.89. The largest absolute Gasteiger partial charge is 0.481 e. The van der Waals surface area contributed by atoms with E-state index in [0.717, 1.165) is 61.1 Å². The Labute approximate surface area is 203 Å². The number of anilines is 3.